The van der Waals surface area contributed by atoms with Gasteiger partial charge < -0.3 is 65.1 Å². The summed E-state index contributed by atoms with van der Waals surface area (Å²) in [6.07, 6.45) is -14.9. The fourth-order valence-corrected chi connectivity index (χ4v) is 5.06. The first-order valence-electron chi connectivity index (χ1n) is 10.6. The van der Waals surface area contributed by atoms with Crippen LogP contribution in [0.25, 0.3) is 0 Å². The average molecular weight is 487 g/mol. The molecule has 0 aromatic heterocycles. The number of nitrogens with one attached hydrogen (secondary N) is 1. The van der Waals surface area contributed by atoms with E-state index in [1.54, 1.807) is 0 Å². The van der Waals surface area contributed by atoms with Crippen molar-refractivity contribution in [2.24, 2.45) is 0 Å². The number of benzene rings is 1. The Kier molecular flexibility index (Phi) is 5.83. The minimum atomic E-state index is -1.82. The van der Waals surface area contributed by atoms with E-state index in [4.69, 9.17) is 18.9 Å². The smallest absolute Gasteiger partial charge is 0.255 e. The number of aliphatic hydroxyl groups excluding tert-OH is 7. The Balaban J connectivity index is 1.49. The average Bonchev–Trinajstić information content (AvgIpc) is 3.29. The highest BCUT2D eigenvalue weighted by atomic mass is 16.7. The lowest BCUT2D eigenvalue weighted by Crippen LogP contribution is -2.68. The molecule has 1 aliphatic carbocycles. The lowest BCUT2D eigenvalue weighted by atomic mass is 9.70. The Hall–Kier alpha value is -2.27. The zero-order valence-electron chi connectivity index (χ0n) is 17.5. The predicted octanol–water partition coefficient (Wildman–Crippen LogP) is -4.40. The lowest BCUT2D eigenvalue weighted by molar-refractivity contribution is -0.331. The Bertz CT molecular complexity index is 972. The number of carbonyl (C=O) groups excluding carboxylic acids is 1. The molecule has 5 rings (SSSR count). The van der Waals surface area contributed by atoms with Crippen LogP contribution in [0.5, 0.6) is 17.2 Å². The summed E-state index contributed by atoms with van der Waals surface area (Å²) >= 11 is 0. The van der Waals surface area contributed by atoms with Gasteiger partial charge in [0.05, 0.1) is 24.3 Å². The molecule has 1 aromatic rings. The van der Waals surface area contributed by atoms with Crippen molar-refractivity contribution in [3.63, 3.8) is 0 Å². The number of fused-ring (bicyclic) bond motifs is 4. The van der Waals surface area contributed by atoms with Crippen LogP contribution in [0.3, 0.4) is 0 Å². The molecule has 9 N–H and O–H groups in total. The van der Waals surface area contributed by atoms with Crippen molar-refractivity contribution in [3.8, 4) is 17.2 Å². The van der Waals surface area contributed by atoms with Gasteiger partial charge in [0.1, 0.15) is 42.7 Å². The quantitative estimate of drug-likeness (QED) is 0.196. The molecule has 2 fully saturated rings. The minimum absolute atomic E-state index is 0.0487. The second kappa shape index (κ2) is 8.44. The van der Waals surface area contributed by atoms with Crippen molar-refractivity contribution in [2.75, 3.05) is 13.4 Å². The number of hydrogen-bond donors (Lipinski definition) is 9. The number of amides is 1. The van der Waals surface area contributed by atoms with Crippen LogP contribution in [0.15, 0.2) is 6.07 Å². The van der Waals surface area contributed by atoms with Crippen molar-refractivity contribution in [1.29, 1.82) is 0 Å². The summed E-state index contributed by atoms with van der Waals surface area (Å²) in [6.45, 7) is -0.923. The SMILES string of the molecule is O=C1N[C@@H]2[C@H](O)[C@@H](O)[C@@H](O[C@H]3O[C@@H](CO)[C@@H](O)[C@H](O)[C@@H]3O)[C@H](O)[C@H]2c2cc3c(c(O)c21)OCO3. The third-order valence-electron chi connectivity index (χ3n) is 6.84. The summed E-state index contributed by atoms with van der Waals surface area (Å²) in [5.74, 6) is -2.32. The second-order valence-corrected chi connectivity index (χ2v) is 8.72. The molecule has 0 bridgehead atoms. The molecule has 4 aliphatic rings. The molecule has 1 aromatic carbocycles. The van der Waals surface area contributed by atoms with Gasteiger partial charge >= 0.3 is 0 Å². The fourth-order valence-electron chi connectivity index (χ4n) is 5.06. The van der Waals surface area contributed by atoms with E-state index in [1.807, 2.05) is 0 Å². The number of phenols is 1. The van der Waals surface area contributed by atoms with Gasteiger partial charge in [-0.25, -0.2) is 0 Å². The van der Waals surface area contributed by atoms with Gasteiger partial charge in [-0.05, 0) is 11.6 Å². The third-order valence-corrected chi connectivity index (χ3v) is 6.84. The summed E-state index contributed by atoms with van der Waals surface area (Å²) in [7, 11) is 0. The largest absolute Gasteiger partial charge is 0.504 e. The van der Waals surface area contributed by atoms with Crippen LogP contribution in [-0.2, 0) is 9.47 Å². The van der Waals surface area contributed by atoms with Crippen LogP contribution in [0.2, 0.25) is 0 Å². The van der Waals surface area contributed by atoms with E-state index in [-0.39, 0.29) is 29.4 Å². The summed E-state index contributed by atoms with van der Waals surface area (Å²) in [4.78, 5) is 12.7. The van der Waals surface area contributed by atoms with Crippen molar-refractivity contribution in [3.05, 3.63) is 17.2 Å². The summed E-state index contributed by atoms with van der Waals surface area (Å²) in [6, 6.07) is 0.200. The Morgan fingerprint density at radius 3 is 2.41 bits per heavy atom. The third kappa shape index (κ3) is 3.34. The van der Waals surface area contributed by atoms with Crippen molar-refractivity contribution in [2.45, 2.75) is 67.1 Å². The molecular formula is C20H25NO13. The monoisotopic (exact) mass is 487 g/mol. The molecule has 1 saturated carbocycles. The maximum Gasteiger partial charge on any atom is 0.255 e. The molecule has 188 valence electrons. The molecule has 0 radical (unpaired) electrons. The van der Waals surface area contributed by atoms with Crippen LogP contribution < -0.4 is 14.8 Å². The normalized spacial score (nSPS) is 43.1. The van der Waals surface area contributed by atoms with Crippen molar-refractivity contribution >= 4 is 5.91 Å². The number of carbonyl (C=O) groups is 1. The second-order valence-electron chi connectivity index (χ2n) is 8.72. The summed E-state index contributed by atoms with van der Waals surface area (Å²) in [5.41, 5.74) is -0.101. The van der Waals surface area contributed by atoms with E-state index in [1.165, 1.54) is 6.07 Å². The van der Waals surface area contributed by atoms with Gasteiger partial charge in [-0.15, -0.1) is 0 Å². The highest BCUT2D eigenvalue weighted by molar-refractivity contribution is 6.01. The van der Waals surface area contributed by atoms with E-state index in [9.17, 15) is 45.6 Å². The van der Waals surface area contributed by atoms with E-state index in [0.717, 1.165) is 0 Å². The van der Waals surface area contributed by atoms with Gasteiger partial charge in [0, 0.05) is 5.92 Å². The molecule has 11 atom stereocenters. The molecule has 3 heterocycles. The predicted molar refractivity (Wildman–Crippen MR) is 105 cm³/mol. The molecular weight excluding hydrogens is 462 g/mol. The maximum absolute atomic E-state index is 12.7. The van der Waals surface area contributed by atoms with E-state index in [2.05, 4.69) is 5.32 Å². The Morgan fingerprint density at radius 1 is 0.971 bits per heavy atom. The van der Waals surface area contributed by atoms with Crippen molar-refractivity contribution in [1.82, 2.24) is 5.32 Å². The van der Waals surface area contributed by atoms with Crippen LogP contribution in [0.4, 0.5) is 0 Å². The van der Waals surface area contributed by atoms with Crippen molar-refractivity contribution < 1.29 is 64.6 Å². The standard InChI is InChI=1S/C20H25NO13/c22-2-6-10(23)14(27)16(29)20(33-6)34-18-11(24)7-4-1-5-17(32-3-31-5)12(25)8(4)19(30)21-9(7)13(26)15(18)28/h1,6-7,9-11,13-16,18,20,22-29H,2-3H2,(H,21,30)/t6-,7-,9-,10+,11+,13-,14-,15+,16-,18-,20+/m0/s1. The first kappa shape index (κ1) is 23.5. The zero-order chi connectivity index (χ0) is 24.5. The van der Waals surface area contributed by atoms with Gasteiger partial charge in [0.25, 0.3) is 5.91 Å². The first-order chi connectivity index (χ1) is 16.1. The first-order valence-corrected chi connectivity index (χ1v) is 10.6. The number of aliphatic hydroxyl groups is 7. The summed E-state index contributed by atoms with van der Waals surface area (Å²) < 4.78 is 21.3. The minimum Gasteiger partial charge on any atom is -0.504 e. The summed E-state index contributed by atoms with van der Waals surface area (Å²) in [5, 5.41) is 85.2. The van der Waals surface area contributed by atoms with Crippen LogP contribution >= 0.6 is 0 Å². The van der Waals surface area contributed by atoms with Gasteiger partial charge in [-0.2, -0.15) is 0 Å². The fraction of sp³-hybridized carbons (Fsp3) is 0.650. The van der Waals surface area contributed by atoms with Crippen LogP contribution in [0.1, 0.15) is 21.8 Å². The topological polar surface area (TPSA) is 228 Å². The number of hydrogen-bond acceptors (Lipinski definition) is 13. The van der Waals surface area contributed by atoms with Gasteiger partial charge in [-0.1, -0.05) is 0 Å². The van der Waals surface area contributed by atoms with E-state index >= 15 is 0 Å². The number of aromatic hydroxyl groups is 1. The number of phenolic OH excluding ortho intramolecular Hbond substituents is 1. The zero-order valence-corrected chi connectivity index (χ0v) is 17.5. The molecule has 34 heavy (non-hydrogen) atoms. The Labute approximate surface area is 191 Å². The van der Waals surface area contributed by atoms with Gasteiger partial charge in [0.15, 0.2) is 17.8 Å². The van der Waals surface area contributed by atoms with Crippen LogP contribution in [0, 0.1) is 0 Å². The molecule has 1 saturated heterocycles. The highest BCUT2D eigenvalue weighted by Gasteiger charge is 2.56. The number of ether oxygens (including phenoxy) is 4. The van der Waals surface area contributed by atoms with Crippen LogP contribution in [-0.4, -0.2) is 121 Å². The molecule has 0 spiro atoms. The molecule has 1 amide bonds. The molecule has 3 aliphatic heterocycles. The highest BCUT2D eigenvalue weighted by Crippen LogP contribution is 2.50. The van der Waals surface area contributed by atoms with Gasteiger partial charge in [-0.3, -0.25) is 4.79 Å². The molecule has 14 heteroatoms. The van der Waals surface area contributed by atoms with E-state index in [0.29, 0.717) is 0 Å². The maximum atomic E-state index is 12.7. The van der Waals surface area contributed by atoms with E-state index < -0.39 is 85.3 Å². The van der Waals surface area contributed by atoms with Gasteiger partial charge in [0.2, 0.25) is 12.5 Å². The number of rotatable bonds is 3. The molecule has 0 unspecified atom stereocenters. The lowest BCUT2D eigenvalue weighted by Gasteiger charge is -2.50. The Morgan fingerprint density at radius 2 is 1.71 bits per heavy atom. The molecule has 14 nitrogen and oxygen atoms in total.